The first-order valence-corrected chi connectivity index (χ1v) is 5.35. The number of aryl methyl sites for hydroxylation is 1. The van der Waals surface area contributed by atoms with E-state index in [1.54, 1.807) is 0 Å². The van der Waals surface area contributed by atoms with Gasteiger partial charge in [-0.2, -0.15) is 0 Å². The Morgan fingerprint density at radius 2 is 2.21 bits per heavy atom. The fraction of sp³-hybridized carbons (Fsp3) is 0.333. The zero-order valence-electron chi connectivity index (χ0n) is 8.47. The summed E-state index contributed by atoms with van der Waals surface area (Å²) in [5.41, 5.74) is 8.34. The summed E-state index contributed by atoms with van der Waals surface area (Å²) < 4.78 is 1.12. The van der Waals surface area contributed by atoms with Crippen LogP contribution in [0.1, 0.15) is 30.5 Å². The van der Waals surface area contributed by atoms with Gasteiger partial charge in [-0.25, -0.2) is 0 Å². The molecular formula is C12H14BrN. The minimum Gasteiger partial charge on any atom is -0.323 e. The van der Waals surface area contributed by atoms with Crippen molar-refractivity contribution in [3.8, 4) is 11.8 Å². The van der Waals surface area contributed by atoms with Crippen LogP contribution < -0.4 is 5.73 Å². The maximum Gasteiger partial charge on any atom is 0.0405 e. The van der Waals surface area contributed by atoms with Crippen molar-refractivity contribution in [3.63, 3.8) is 0 Å². The molecule has 2 heteroatoms. The molecule has 1 nitrogen and oxygen atoms in total. The molecule has 1 atom stereocenters. The Morgan fingerprint density at radius 1 is 1.50 bits per heavy atom. The third-order valence-electron chi connectivity index (χ3n) is 2.11. The predicted octanol–water partition coefficient (Wildman–Crippen LogP) is 3.17. The highest BCUT2D eigenvalue weighted by atomic mass is 79.9. The highest BCUT2D eigenvalue weighted by Gasteiger charge is 2.05. The molecule has 0 radical (unpaired) electrons. The Balaban J connectivity index is 2.83. The van der Waals surface area contributed by atoms with Crippen molar-refractivity contribution in [2.75, 3.05) is 0 Å². The molecule has 0 bridgehead atoms. The van der Waals surface area contributed by atoms with Crippen molar-refractivity contribution < 1.29 is 0 Å². The van der Waals surface area contributed by atoms with Crippen LogP contribution in [0.5, 0.6) is 0 Å². The van der Waals surface area contributed by atoms with Gasteiger partial charge in [0.1, 0.15) is 0 Å². The smallest absolute Gasteiger partial charge is 0.0405 e. The SMILES string of the molecule is CC#CCC(N)c1ccc(Br)c(C)c1. The Kier molecular flexibility index (Phi) is 4.19. The fourth-order valence-corrected chi connectivity index (χ4v) is 1.48. The number of hydrogen-bond acceptors (Lipinski definition) is 1. The van der Waals surface area contributed by atoms with E-state index in [1.165, 1.54) is 5.56 Å². The van der Waals surface area contributed by atoms with E-state index in [0.717, 1.165) is 16.5 Å². The topological polar surface area (TPSA) is 26.0 Å². The molecule has 1 aromatic rings. The molecule has 0 saturated carbocycles. The quantitative estimate of drug-likeness (QED) is 0.804. The van der Waals surface area contributed by atoms with Crippen LogP contribution in [-0.4, -0.2) is 0 Å². The minimum atomic E-state index is 0.0225. The van der Waals surface area contributed by atoms with Crippen LogP contribution in [0, 0.1) is 18.8 Å². The van der Waals surface area contributed by atoms with Crippen LogP contribution in [0.15, 0.2) is 22.7 Å². The van der Waals surface area contributed by atoms with E-state index < -0.39 is 0 Å². The summed E-state index contributed by atoms with van der Waals surface area (Å²) in [5.74, 6) is 5.85. The summed E-state index contributed by atoms with van der Waals surface area (Å²) in [7, 11) is 0. The van der Waals surface area contributed by atoms with Gasteiger partial charge in [-0.1, -0.05) is 28.1 Å². The Bertz CT molecular complexity index is 374. The number of halogens is 1. The molecule has 74 valence electrons. The van der Waals surface area contributed by atoms with Gasteiger partial charge < -0.3 is 5.73 Å². The lowest BCUT2D eigenvalue weighted by molar-refractivity contribution is 0.753. The van der Waals surface area contributed by atoms with Crippen molar-refractivity contribution in [1.82, 2.24) is 0 Å². The van der Waals surface area contributed by atoms with Gasteiger partial charge in [0.2, 0.25) is 0 Å². The zero-order chi connectivity index (χ0) is 10.6. The van der Waals surface area contributed by atoms with Gasteiger partial charge in [-0.3, -0.25) is 0 Å². The number of nitrogens with two attached hydrogens (primary N) is 1. The maximum absolute atomic E-state index is 5.98. The third kappa shape index (κ3) is 2.87. The van der Waals surface area contributed by atoms with E-state index in [4.69, 9.17) is 5.73 Å². The normalized spacial score (nSPS) is 11.7. The summed E-state index contributed by atoms with van der Waals surface area (Å²) in [6.45, 7) is 3.89. The van der Waals surface area contributed by atoms with Crippen LogP contribution in [0.25, 0.3) is 0 Å². The van der Waals surface area contributed by atoms with E-state index in [1.807, 2.05) is 19.1 Å². The molecule has 0 spiro atoms. The first-order valence-electron chi connectivity index (χ1n) is 4.56. The van der Waals surface area contributed by atoms with Crippen LogP contribution in [0.3, 0.4) is 0 Å². The first-order chi connectivity index (χ1) is 6.65. The molecule has 1 aromatic carbocycles. The van der Waals surface area contributed by atoms with Gasteiger partial charge in [0.15, 0.2) is 0 Å². The monoisotopic (exact) mass is 251 g/mol. The standard InChI is InChI=1S/C12H14BrN/c1-3-4-5-12(14)10-6-7-11(13)9(2)8-10/h6-8,12H,5,14H2,1-2H3. The number of benzene rings is 1. The first kappa shape index (κ1) is 11.3. The molecule has 0 saturated heterocycles. The summed E-state index contributed by atoms with van der Waals surface area (Å²) in [4.78, 5) is 0. The van der Waals surface area contributed by atoms with E-state index in [2.05, 4.69) is 40.8 Å². The lowest BCUT2D eigenvalue weighted by Gasteiger charge is -2.09. The largest absolute Gasteiger partial charge is 0.323 e. The lowest BCUT2D eigenvalue weighted by Crippen LogP contribution is -2.09. The molecule has 2 N–H and O–H groups in total. The Labute approximate surface area is 93.8 Å². The van der Waals surface area contributed by atoms with Gasteiger partial charge in [0.25, 0.3) is 0 Å². The summed E-state index contributed by atoms with van der Waals surface area (Å²) >= 11 is 3.46. The van der Waals surface area contributed by atoms with Crippen molar-refractivity contribution in [3.05, 3.63) is 33.8 Å². The highest BCUT2D eigenvalue weighted by Crippen LogP contribution is 2.21. The molecule has 0 aliphatic carbocycles. The average molecular weight is 252 g/mol. The van der Waals surface area contributed by atoms with Crippen LogP contribution in [-0.2, 0) is 0 Å². The fourth-order valence-electron chi connectivity index (χ4n) is 1.23. The molecule has 0 heterocycles. The van der Waals surface area contributed by atoms with Gasteiger partial charge >= 0.3 is 0 Å². The second-order valence-electron chi connectivity index (χ2n) is 3.25. The summed E-state index contributed by atoms with van der Waals surface area (Å²) in [6.07, 6.45) is 0.720. The van der Waals surface area contributed by atoms with Gasteiger partial charge in [-0.05, 0) is 31.0 Å². The number of rotatable bonds is 2. The van der Waals surface area contributed by atoms with Gasteiger partial charge in [0, 0.05) is 16.9 Å². The predicted molar refractivity (Wildman–Crippen MR) is 63.9 cm³/mol. The average Bonchev–Trinajstić information content (AvgIpc) is 2.18. The van der Waals surface area contributed by atoms with Crippen LogP contribution >= 0.6 is 15.9 Å². The molecule has 0 aliphatic heterocycles. The van der Waals surface area contributed by atoms with Crippen LogP contribution in [0.2, 0.25) is 0 Å². The molecule has 0 fully saturated rings. The second-order valence-corrected chi connectivity index (χ2v) is 4.10. The molecule has 0 aromatic heterocycles. The van der Waals surface area contributed by atoms with E-state index in [0.29, 0.717) is 0 Å². The van der Waals surface area contributed by atoms with Gasteiger partial charge in [0.05, 0.1) is 0 Å². The summed E-state index contributed by atoms with van der Waals surface area (Å²) in [5, 5.41) is 0. The lowest BCUT2D eigenvalue weighted by atomic mass is 10.0. The van der Waals surface area contributed by atoms with Gasteiger partial charge in [-0.15, -0.1) is 11.8 Å². The van der Waals surface area contributed by atoms with E-state index in [-0.39, 0.29) is 6.04 Å². The molecule has 0 aliphatic rings. The third-order valence-corrected chi connectivity index (χ3v) is 3.00. The Morgan fingerprint density at radius 3 is 2.79 bits per heavy atom. The molecular weight excluding hydrogens is 238 g/mol. The van der Waals surface area contributed by atoms with Crippen molar-refractivity contribution in [1.29, 1.82) is 0 Å². The number of hydrogen-bond donors (Lipinski definition) is 1. The van der Waals surface area contributed by atoms with E-state index >= 15 is 0 Å². The second kappa shape index (κ2) is 5.19. The Hall–Kier alpha value is -0.780. The van der Waals surface area contributed by atoms with Crippen molar-refractivity contribution in [2.24, 2.45) is 5.73 Å². The van der Waals surface area contributed by atoms with Crippen molar-refractivity contribution in [2.45, 2.75) is 26.3 Å². The molecule has 14 heavy (non-hydrogen) atoms. The van der Waals surface area contributed by atoms with E-state index in [9.17, 15) is 0 Å². The maximum atomic E-state index is 5.98. The molecule has 1 rings (SSSR count). The molecule has 0 amide bonds. The van der Waals surface area contributed by atoms with Crippen molar-refractivity contribution >= 4 is 15.9 Å². The minimum absolute atomic E-state index is 0.0225. The summed E-state index contributed by atoms with van der Waals surface area (Å²) in [6, 6.07) is 6.20. The van der Waals surface area contributed by atoms with Crippen LogP contribution in [0.4, 0.5) is 0 Å². The zero-order valence-corrected chi connectivity index (χ0v) is 10.1. The highest BCUT2D eigenvalue weighted by molar-refractivity contribution is 9.10. The molecule has 1 unspecified atom stereocenters.